The molecule has 0 heterocycles. The molecule has 1 saturated carbocycles. The number of methoxy groups -OCH3 is 1. The first kappa shape index (κ1) is 9.40. The van der Waals surface area contributed by atoms with E-state index in [1.165, 1.54) is 7.11 Å². The van der Waals surface area contributed by atoms with Crippen LogP contribution in [0, 0.1) is 11.6 Å². The fraction of sp³-hybridized carbons (Fsp3) is 0.400. The largest absolute Gasteiger partial charge is 0.494 e. The Hall–Kier alpha value is -1.16. The summed E-state index contributed by atoms with van der Waals surface area (Å²) in [6.45, 7) is 0. The molecule has 14 heavy (non-hydrogen) atoms. The van der Waals surface area contributed by atoms with Gasteiger partial charge in [0.05, 0.1) is 7.11 Å². The standard InChI is InChI=1S/C10H11F2NO/c1-14-9-5-7(11)6(4-8(9)12)10(13)2-3-10/h4-5H,2-3,13H2,1H3. The molecule has 4 heteroatoms. The van der Waals surface area contributed by atoms with Gasteiger partial charge in [-0.2, -0.15) is 0 Å². The van der Waals surface area contributed by atoms with Gasteiger partial charge in [0, 0.05) is 17.2 Å². The lowest BCUT2D eigenvalue weighted by molar-refractivity contribution is 0.380. The summed E-state index contributed by atoms with van der Waals surface area (Å²) in [7, 11) is 1.30. The van der Waals surface area contributed by atoms with E-state index in [1.54, 1.807) is 0 Å². The summed E-state index contributed by atoms with van der Waals surface area (Å²) in [6.07, 6.45) is 1.41. The average Bonchev–Trinajstić information content (AvgIpc) is 2.88. The normalized spacial score (nSPS) is 18.0. The molecule has 0 radical (unpaired) electrons. The van der Waals surface area contributed by atoms with Crippen molar-refractivity contribution in [1.29, 1.82) is 0 Å². The van der Waals surface area contributed by atoms with Crippen molar-refractivity contribution in [2.75, 3.05) is 7.11 Å². The second-order valence-corrected chi connectivity index (χ2v) is 3.62. The van der Waals surface area contributed by atoms with Gasteiger partial charge >= 0.3 is 0 Å². The van der Waals surface area contributed by atoms with Gasteiger partial charge in [-0.3, -0.25) is 0 Å². The molecule has 0 aliphatic heterocycles. The second kappa shape index (κ2) is 2.92. The van der Waals surface area contributed by atoms with Crippen LogP contribution in [0.4, 0.5) is 8.78 Å². The molecule has 0 unspecified atom stereocenters. The van der Waals surface area contributed by atoms with Crippen LogP contribution < -0.4 is 10.5 Å². The highest BCUT2D eigenvalue weighted by Crippen LogP contribution is 2.44. The third kappa shape index (κ3) is 1.35. The van der Waals surface area contributed by atoms with Crippen LogP contribution in [0.1, 0.15) is 18.4 Å². The zero-order chi connectivity index (χ0) is 10.3. The van der Waals surface area contributed by atoms with E-state index in [0.29, 0.717) is 12.8 Å². The zero-order valence-corrected chi connectivity index (χ0v) is 7.81. The maximum absolute atomic E-state index is 13.4. The molecular weight excluding hydrogens is 188 g/mol. The Bertz CT molecular complexity index is 375. The van der Waals surface area contributed by atoms with E-state index < -0.39 is 17.2 Å². The van der Waals surface area contributed by atoms with Crippen molar-refractivity contribution in [1.82, 2.24) is 0 Å². The topological polar surface area (TPSA) is 35.2 Å². The van der Waals surface area contributed by atoms with Crippen LogP contribution in [0.15, 0.2) is 12.1 Å². The first-order valence-corrected chi connectivity index (χ1v) is 4.39. The second-order valence-electron chi connectivity index (χ2n) is 3.62. The SMILES string of the molecule is COc1cc(F)c(C2(N)CC2)cc1F. The molecule has 1 aromatic rings. The highest BCUT2D eigenvalue weighted by Gasteiger charge is 2.42. The number of rotatable bonds is 2. The smallest absolute Gasteiger partial charge is 0.165 e. The van der Waals surface area contributed by atoms with E-state index in [4.69, 9.17) is 5.73 Å². The fourth-order valence-corrected chi connectivity index (χ4v) is 1.47. The number of hydrogen-bond acceptors (Lipinski definition) is 2. The third-order valence-corrected chi connectivity index (χ3v) is 2.57. The molecule has 0 saturated heterocycles. The van der Waals surface area contributed by atoms with Crippen molar-refractivity contribution in [3.8, 4) is 5.75 Å². The van der Waals surface area contributed by atoms with Crippen molar-refractivity contribution in [2.45, 2.75) is 18.4 Å². The molecule has 0 aromatic heterocycles. The number of ether oxygens (including phenoxy) is 1. The van der Waals surface area contributed by atoms with Crippen LogP contribution in [0.25, 0.3) is 0 Å². The van der Waals surface area contributed by atoms with Crippen LogP contribution in [0.5, 0.6) is 5.75 Å². The van der Waals surface area contributed by atoms with Crippen molar-refractivity contribution < 1.29 is 13.5 Å². The molecule has 1 aliphatic carbocycles. The highest BCUT2D eigenvalue weighted by atomic mass is 19.1. The monoisotopic (exact) mass is 199 g/mol. The van der Waals surface area contributed by atoms with Crippen LogP contribution >= 0.6 is 0 Å². The summed E-state index contributed by atoms with van der Waals surface area (Å²) in [5.74, 6) is -1.15. The molecule has 1 fully saturated rings. The molecule has 0 spiro atoms. The molecule has 1 aliphatic rings. The summed E-state index contributed by atoms with van der Waals surface area (Å²) in [5, 5.41) is 0. The van der Waals surface area contributed by atoms with Crippen LogP contribution in [0.2, 0.25) is 0 Å². The summed E-state index contributed by atoms with van der Waals surface area (Å²) in [6, 6.07) is 2.17. The fourth-order valence-electron chi connectivity index (χ4n) is 1.47. The predicted octanol–water partition coefficient (Wildman–Crippen LogP) is 1.92. The lowest BCUT2D eigenvalue weighted by Crippen LogP contribution is -2.20. The van der Waals surface area contributed by atoms with Crippen molar-refractivity contribution in [3.05, 3.63) is 29.3 Å². The van der Waals surface area contributed by atoms with Crippen LogP contribution in [-0.2, 0) is 5.54 Å². The van der Waals surface area contributed by atoms with Crippen LogP contribution in [-0.4, -0.2) is 7.11 Å². The van der Waals surface area contributed by atoms with Gasteiger partial charge in [-0.25, -0.2) is 8.78 Å². The third-order valence-electron chi connectivity index (χ3n) is 2.57. The molecular formula is C10H11F2NO. The molecule has 1 aromatic carbocycles. The molecule has 2 N–H and O–H groups in total. The number of nitrogens with two attached hydrogens (primary N) is 1. The summed E-state index contributed by atoms with van der Waals surface area (Å²) < 4.78 is 31.3. The Kier molecular flexibility index (Phi) is 1.96. The Labute approximate surface area is 80.7 Å². The minimum absolute atomic E-state index is 0.0875. The summed E-state index contributed by atoms with van der Waals surface area (Å²) in [4.78, 5) is 0. The number of halogens is 2. The molecule has 0 amide bonds. The molecule has 2 rings (SSSR count). The van der Waals surface area contributed by atoms with Crippen molar-refractivity contribution >= 4 is 0 Å². The van der Waals surface area contributed by atoms with Gasteiger partial charge in [0.2, 0.25) is 0 Å². The van der Waals surface area contributed by atoms with Gasteiger partial charge in [-0.05, 0) is 18.9 Å². The Balaban J connectivity index is 2.48. The lowest BCUT2D eigenvalue weighted by Gasteiger charge is -2.12. The quantitative estimate of drug-likeness (QED) is 0.789. The first-order chi connectivity index (χ1) is 6.57. The zero-order valence-electron chi connectivity index (χ0n) is 7.81. The van der Waals surface area contributed by atoms with E-state index in [2.05, 4.69) is 4.74 Å². The van der Waals surface area contributed by atoms with E-state index in [9.17, 15) is 8.78 Å². The maximum atomic E-state index is 13.4. The van der Waals surface area contributed by atoms with E-state index in [1.807, 2.05) is 0 Å². The predicted molar refractivity (Wildman–Crippen MR) is 48.0 cm³/mol. The lowest BCUT2D eigenvalue weighted by atomic mass is 10.0. The van der Waals surface area contributed by atoms with Crippen LogP contribution in [0.3, 0.4) is 0 Å². The highest BCUT2D eigenvalue weighted by molar-refractivity contribution is 5.37. The van der Waals surface area contributed by atoms with Gasteiger partial charge in [0.15, 0.2) is 11.6 Å². The number of benzene rings is 1. The molecule has 2 nitrogen and oxygen atoms in total. The first-order valence-electron chi connectivity index (χ1n) is 4.39. The Morgan fingerprint density at radius 1 is 1.29 bits per heavy atom. The minimum Gasteiger partial charge on any atom is -0.494 e. The summed E-state index contributed by atoms with van der Waals surface area (Å²) in [5.41, 5.74) is 5.37. The maximum Gasteiger partial charge on any atom is 0.165 e. The minimum atomic E-state index is -0.656. The summed E-state index contributed by atoms with van der Waals surface area (Å²) >= 11 is 0. The van der Waals surface area contributed by atoms with E-state index in [0.717, 1.165) is 12.1 Å². The van der Waals surface area contributed by atoms with Gasteiger partial charge in [0.25, 0.3) is 0 Å². The van der Waals surface area contributed by atoms with Gasteiger partial charge in [-0.1, -0.05) is 0 Å². The molecule has 76 valence electrons. The molecule has 0 atom stereocenters. The van der Waals surface area contributed by atoms with Gasteiger partial charge < -0.3 is 10.5 Å². The van der Waals surface area contributed by atoms with Crippen molar-refractivity contribution in [3.63, 3.8) is 0 Å². The average molecular weight is 199 g/mol. The van der Waals surface area contributed by atoms with Gasteiger partial charge in [0.1, 0.15) is 5.82 Å². The van der Waals surface area contributed by atoms with Gasteiger partial charge in [-0.15, -0.1) is 0 Å². The Morgan fingerprint density at radius 2 is 1.93 bits per heavy atom. The van der Waals surface area contributed by atoms with E-state index >= 15 is 0 Å². The van der Waals surface area contributed by atoms with Crippen molar-refractivity contribution in [2.24, 2.45) is 5.73 Å². The van der Waals surface area contributed by atoms with E-state index in [-0.39, 0.29) is 11.3 Å². The number of hydrogen-bond donors (Lipinski definition) is 1. The molecule has 0 bridgehead atoms. The Morgan fingerprint density at radius 3 is 2.43 bits per heavy atom.